The lowest BCUT2D eigenvalue weighted by Gasteiger charge is -2.29. The molecule has 0 unspecified atom stereocenters. The molecule has 6 heteroatoms. The quantitative estimate of drug-likeness (QED) is 0.823. The number of amides is 1. The van der Waals surface area contributed by atoms with E-state index < -0.39 is 0 Å². The van der Waals surface area contributed by atoms with Crippen molar-refractivity contribution in [1.29, 1.82) is 0 Å². The molecule has 3 rings (SSSR count). The molecule has 126 valence electrons. The summed E-state index contributed by atoms with van der Waals surface area (Å²) in [7, 11) is 0. The number of aryl methyl sites for hydroxylation is 1. The molecule has 0 aliphatic carbocycles. The van der Waals surface area contributed by atoms with Gasteiger partial charge in [-0.15, -0.1) is 0 Å². The molecule has 0 bridgehead atoms. The second kappa shape index (κ2) is 7.75. The fraction of sp³-hybridized carbons (Fsp3) is 0.647. The smallest absolute Gasteiger partial charge is 0.236 e. The molecule has 1 amide bonds. The molecule has 2 saturated heterocycles. The second-order valence-electron chi connectivity index (χ2n) is 6.27. The van der Waals surface area contributed by atoms with Crippen LogP contribution >= 0.6 is 0 Å². The summed E-state index contributed by atoms with van der Waals surface area (Å²) in [5.41, 5.74) is 2.24. The fourth-order valence-electron chi connectivity index (χ4n) is 3.20. The monoisotopic (exact) mass is 318 g/mol. The van der Waals surface area contributed by atoms with Crippen LogP contribution in [0.1, 0.15) is 12.1 Å². The number of ether oxygens (including phenoxy) is 1. The van der Waals surface area contributed by atoms with Gasteiger partial charge in [-0.05, 0) is 25.5 Å². The van der Waals surface area contributed by atoms with Crippen molar-refractivity contribution in [2.45, 2.75) is 13.3 Å². The minimum absolute atomic E-state index is 0.250. The van der Waals surface area contributed by atoms with Crippen LogP contribution in [0.3, 0.4) is 0 Å². The van der Waals surface area contributed by atoms with E-state index in [0.717, 1.165) is 64.6 Å². The molecule has 1 aromatic rings. The van der Waals surface area contributed by atoms with Crippen molar-refractivity contribution < 1.29 is 9.53 Å². The van der Waals surface area contributed by atoms with Gasteiger partial charge in [0.25, 0.3) is 0 Å². The first kappa shape index (κ1) is 16.2. The van der Waals surface area contributed by atoms with E-state index in [9.17, 15) is 4.79 Å². The summed E-state index contributed by atoms with van der Waals surface area (Å²) < 4.78 is 5.34. The zero-order valence-corrected chi connectivity index (χ0v) is 13.9. The number of aromatic nitrogens is 1. The van der Waals surface area contributed by atoms with Gasteiger partial charge in [-0.25, -0.2) is 0 Å². The van der Waals surface area contributed by atoms with Crippen LogP contribution in [0.2, 0.25) is 0 Å². The van der Waals surface area contributed by atoms with Crippen molar-refractivity contribution in [3.63, 3.8) is 0 Å². The zero-order chi connectivity index (χ0) is 16.1. The van der Waals surface area contributed by atoms with Gasteiger partial charge in [0.2, 0.25) is 5.91 Å². The molecule has 0 radical (unpaired) electrons. The second-order valence-corrected chi connectivity index (χ2v) is 6.27. The highest BCUT2D eigenvalue weighted by Crippen LogP contribution is 2.17. The number of rotatable bonds is 3. The Bertz CT molecular complexity index is 531. The summed E-state index contributed by atoms with van der Waals surface area (Å²) in [5, 5.41) is 0. The van der Waals surface area contributed by atoms with Gasteiger partial charge in [0.05, 0.1) is 19.8 Å². The number of nitrogens with zero attached hydrogens (tertiary/aromatic N) is 4. The van der Waals surface area contributed by atoms with Crippen molar-refractivity contribution in [3.05, 3.63) is 24.0 Å². The van der Waals surface area contributed by atoms with Crippen molar-refractivity contribution in [1.82, 2.24) is 14.8 Å². The highest BCUT2D eigenvalue weighted by Gasteiger charge is 2.22. The Morgan fingerprint density at radius 2 is 2.00 bits per heavy atom. The maximum absolute atomic E-state index is 12.5. The third-order valence-corrected chi connectivity index (χ3v) is 4.56. The summed E-state index contributed by atoms with van der Waals surface area (Å²) in [6.45, 7) is 9.27. The first-order valence-corrected chi connectivity index (χ1v) is 8.48. The van der Waals surface area contributed by atoms with Crippen LogP contribution in [-0.2, 0) is 9.53 Å². The van der Waals surface area contributed by atoms with Crippen LogP contribution in [0.15, 0.2) is 18.3 Å². The minimum atomic E-state index is 0.250. The Morgan fingerprint density at radius 1 is 1.17 bits per heavy atom. The summed E-state index contributed by atoms with van der Waals surface area (Å²) in [6, 6.07) is 4.17. The van der Waals surface area contributed by atoms with Crippen LogP contribution < -0.4 is 4.90 Å². The molecule has 0 saturated carbocycles. The molecule has 0 atom stereocenters. The van der Waals surface area contributed by atoms with E-state index >= 15 is 0 Å². The van der Waals surface area contributed by atoms with Gasteiger partial charge in [-0.3, -0.25) is 14.7 Å². The van der Waals surface area contributed by atoms with Gasteiger partial charge in [-0.1, -0.05) is 0 Å². The molecule has 2 aliphatic heterocycles. The van der Waals surface area contributed by atoms with Crippen molar-refractivity contribution in [2.24, 2.45) is 0 Å². The molecule has 1 aromatic heterocycles. The standard InChI is InChI=1S/C17H26N4O2/c1-15-13-16(3-4-18-15)20-5-2-6-21(8-7-20)17(22)14-19-9-11-23-12-10-19/h3-4,13H,2,5-12,14H2,1H3. The Kier molecular flexibility index (Phi) is 5.46. The molecule has 23 heavy (non-hydrogen) atoms. The predicted octanol–water partition coefficient (Wildman–Crippen LogP) is 0.761. The number of hydrogen-bond donors (Lipinski definition) is 0. The number of morpholine rings is 1. The predicted molar refractivity (Wildman–Crippen MR) is 89.6 cm³/mol. The summed E-state index contributed by atoms with van der Waals surface area (Å²) in [6.07, 6.45) is 2.87. The normalized spacial score (nSPS) is 20.4. The van der Waals surface area contributed by atoms with Crippen LogP contribution in [0, 0.1) is 6.92 Å². The number of pyridine rings is 1. The van der Waals surface area contributed by atoms with E-state index in [0.29, 0.717) is 6.54 Å². The zero-order valence-electron chi connectivity index (χ0n) is 13.9. The van der Waals surface area contributed by atoms with Gasteiger partial charge < -0.3 is 14.5 Å². The SMILES string of the molecule is Cc1cc(N2CCCN(C(=O)CN3CCOCC3)CC2)ccn1. The Balaban J connectivity index is 1.54. The van der Waals surface area contributed by atoms with E-state index in [-0.39, 0.29) is 5.91 Å². The third-order valence-electron chi connectivity index (χ3n) is 4.56. The first-order valence-electron chi connectivity index (χ1n) is 8.48. The highest BCUT2D eigenvalue weighted by atomic mass is 16.5. The van der Waals surface area contributed by atoms with Gasteiger partial charge in [0.15, 0.2) is 0 Å². The number of anilines is 1. The molecule has 3 heterocycles. The van der Waals surface area contributed by atoms with Gasteiger partial charge in [0, 0.05) is 56.8 Å². The van der Waals surface area contributed by atoms with Crippen LogP contribution in [0.5, 0.6) is 0 Å². The van der Waals surface area contributed by atoms with Gasteiger partial charge in [-0.2, -0.15) is 0 Å². The van der Waals surface area contributed by atoms with Crippen molar-refractivity contribution in [3.8, 4) is 0 Å². The first-order chi connectivity index (χ1) is 11.2. The van der Waals surface area contributed by atoms with E-state index in [2.05, 4.69) is 26.9 Å². The Labute approximate surface area is 138 Å². The number of carbonyl (C=O) groups is 1. The topological polar surface area (TPSA) is 48.9 Å². The average Bonchev–Trinajstić information content (AvgIpc) is 2.82. The highest BCUT2D eigenvalue weighted by molar-refractivity contribution is 5.78. The molecule has 0 aromatic carbocycles. The van der Waals surface area contributed by atoms with E-state index in [4.69, 9.17) is 4.74 Å². The number of hydrogen-bond acceptors (Lipinski definition) is 5. The molecule has 6 nitrogen and oxygen atoms in total. The summed E-state index contributed by atoms with van der Waals surface area (Å²) >= 11 is 0. The van der Waals surface area contributed by atoms with E-state index in [1.165, 1.54) is 5.69 Å². The molecule has 0 N–H and O–H groups in total. The van der Waals surface area contributed by atoms with Crippen LogP contribution in [-0.4, -0.2) is 79.7 Å². The third kappa shape index (κ3) is 4.42. The molecule has 0 spiro atoms. The largest absolute Gasteiger partial charge is 0.379 e. The molecular formula is C17H26N4O2. The van der Waals surface area contributed by atoms with Gasteiger partial charge >= 0.3 is 0 Å². The van der Waals surface area contributed by atoms with E-state index in [1.54, 1.807) is 0 Å². The lowest BCUT2D eigenvalue weighted by Crippen LogP contribution is -2.45. The molecule has 2 fully saturated rings. The Morgan fingerprint density at radius 3 is 2.78 bits per heavy atom. The minimum Gasteiger partial charge on any atom is -0.379 e. The average molecular weight is 318 g/mol. The fourth-order valence-corrected chi connectivity index (χ4v) is 3.20. The van der Waals surface area contributed by atoms with Crippen LogP contribution in [0.25, 0.3) is 0 Å². The maximum Gasteiger partial charge on any atom is 0.236 e. The number of carbonyl (C=O) groups excluding carboxylic acids is 1. The lowest BCUT2D eigenvalue weighted by molar-refractivity contribution is -0.133. The van der Waals surface area contributed by atoms with E-state index in [1.807, 2.05) is 18.0 Å². The molecule has 2 aliphatic rings. The molecular weight excluding hydrogens is 292 g/mol. The lowest BCUT2D eigenvalue weighted by atomic mass is 10.3. The van der Waals surface area contributed by atoms with Gasteiger partial charge in [0.1, 0.15) is 0 Å². The summed E-state index contributed by atoms with van der Waals surface area (Å²) in [5.74, 6) is 0.250. The van der Waals surface area contributed by atoms with Crippen LogP contribution in [0.4, 0.5) is 5.69 Å². The maximum atomic E-state index is 12.5. The van der Waals surface area contributed by atoms with Crippen molar-refractivity contribution >= 4 is 11.6 Å². The Hall–Kier alpha value is -1.66. The summed E-state index contributed by atoms with van der Waals surface area (Å²) in [4.78, 5) is 23.4. The van der Waals surface area contributed by atoms with Crippen molar-refractivity contribution in [2.75, 3.05) is 63.9 Å².